The molecule has 0 bridgehead atoms. The van der Waals surface area contributed by atoms with Gasteiger partial charge in [0.15, 0.2) is 5.96 Å². The largest absolute Gasteiger partial charge is 0.357 e. The van der Waals surface area contributed by atoms with Crippen molar-refractivity contribution in [1.29, 1.82) is 0 Å². The Bertz CT molecular complexity index is 575. The lowest BCUT2D eigenvalue weighted by Crippen LogP contribution is -2.49. The molecule has 0 unspecified atom stereocenters. The third kappa shape index (κ3) is 8.08. The lowest BCUT2D eigenvalue weighted by atomic mass is 10.0. The fourth-order valence-electron chi connectivity index (χ4n) is 3.10. The number of benzene rings is 1. The van der Waals surface area contributed by atoms with Crippen LogP contribution in [0.1, 0.15) is 39.2 Å². The topological polar surface area (TPSA) is 39.7 Å². The van der Waals surface area contributed by atoms with Crippen LogP contribution in [0.3, 0.4) is 0 Å². The molecular weight excluding hydrogens is 510 g/mol. The summed E-state index contributed by atoms with van der Waals surface area (Å²) in [5, 5.41) is 6.83. The maximum Gasteiger partial charge on any atom is 0.191 e. The van der Waals surface area contributed by atoms with Crippen LogP contribution >= 0.6 is 39.9 Å². The molecule has 148 valence electrons. The number of piperidine rings is 1. The van der Waals surface area contributed by atoms with E-state index in [0.717, 1.165) is 49.9 Å². The summed E-state index contributed by atoms with van der Waals surface area (Å²) < 4.78 is 14.1. The maximum absolute atomic E-state index is 13.6. The highest BCUT2D eigenvalue weighted by Gasteiger charge is 2.20. The van der Waals surface area contributed by atoms with Gasteiger partial charge in [-0.1, -0.05) is 19.9 Å². The fraction of sp³-hybridized carbons (Fsp3) is 0.632. The third-order valence-electron chi connectivity index (χ3n) is 4.30. The van der Waals surface area contributed by atoms with Gasteiger partial charge in [-0.15, -0.1) is 24.0 Å². The lowest BCUT2D eigenvalue weighted by Gasteiger charge is -2.34. The Morgan fingerprint density at radius 3 is 2.62 bits per heavy atom. The highest BCUT2D eigenvalue weighted by Crippen LogP contribution is 2.17. The molecule has 7 heteroatoms. The van der Waals surface area contributed by atoms with Crippen molar-refractivity contribution >= 4 is 45.9 Å². The zero-order valence-electron chi connectivity index (χ0n) is 15.9. The van der Waals surface area contributed by atoms with Crippen molar-refractivity contribution in [3.8, 4) is 0 Å². The molecular formula is C19H31BrFIN4. The van der Waals surface area contributed by atoms with Crippen molar-refractivity contribution in [3.63, 3.8) is 0 Å². The molecule has 1 aliphatic heterocycles. The molecule has 1 aromatic rings. The molecule has 1 saturated heterocycles. The molecule has 26 heavy (non-hydrogen) atoms. The first-order valence-electron chi connectivity index (χ1n) is 9.19. The van der Waals surface area contributed by atoms with Crippen molar-refractivity contribution in [2.24, 2.45) is 10.9 Å². The number of rotatable bonds is 6. The second kappa shape index (κ2) is 12.1. The van der Waals surface area contributed by atoms with Gasteiger partial charge in [-0.3, -0.25) is 0 Å². The van der Waals surface area contributed by atoms with Gasteiger partial charge < -0.3 is 15.5 Å². The van der Waals surface area contributed by atoms with Gasteiger partial charge in [-0.25, -0.2) is 9.38 Å². The number of likely N-dealkylation sites (tertiary alicyclic amines) is 1. The highest BCUT2D eigenvalue weighted by atomic mass is 127. The molecule has 2 rings (SSSR count). The summed E-state index contributed by atoms with van der Waals surface area (Å²) >= 11 is 3.18. The van der Waals surface area contributed by atoms with Crippen LogP contribution in [-0.4, -0.2) is 43.1 Å². The predicted octanol–water partition coefficient (Wildman–Crippen LogP) is 4.38. The van der Waals surface area contributed by atoms with Crippen LogP contribution in [-0.2, 0) is 6.54 Å². The number of guanidine groups is 1. The summed E-state index contributed by atoms with van der Waals surface area (Å²) in [5.74, 6) is 1.28. The molecule has 0 spiro atoms. The van der Waals surface area contributed by atoms with E-state index in [2.05, 4.69) is 57.2 Å². The molecule has 0 amide bonds. The smallest absolute Gasteiger partial charge is 0.191 e. The van der Waals surface area contributed by atoms with E-state index in [0.29, 0.717) is 17.1 Å². The molecule has 0 aromatic heterocycles. The Morgan fingerprint density at radius 2 is 2.04 bits per heavy atom. The van der Waals surface area contributed by atoms with Gasteiger partial charge in [-0.2, -0.15) is 0 Å². The molecule has 2 N–H and O–H groups in total. The second-order valence-corrected chi connectivity index (χ2v) is 7.91. The highest BCUT2D eigenvalue weighted by molar-refractivity contribution is 14.0. The number of hydrogen-bond donors (Lipinski definition) is 2. The molecule has 1 aliphatic rings. The van der Waals surface area contributed by atoms with E-state index >= 15 is 0 Å². The normalized spacial score (nSPS) is 16.5. The first-order valence-corrected chi connectivity index (χ1v) is 9.98. The summed E-state index contributed by atoms with van der Waals surface area (Å²) in [7, 11) is 0. The molecule has 1 heterocycles. The minimum atomic E-state index is -0.247. The molecule has 1 fully saturated rings. The fourth-order valence-corrected chi connectivity index (χ4v) is 3.34. The van der Waals surface area contributed by atoms with Crippen LogP contribution < -0.4 is 10.6 Å². The van der Waals surface area contributed by atoms with Crippen molar-refractivity contribution in [2.45, 2.75) is 46.2 Å². The van der Waals surface area contributed by atoms with E-state index in [-0.39, 0.29) is 29.8 Å². The third-order valence-corrected chi connectivity index (χ3v) is 4.94. The molecule has 0 atom stereocenters. The van der Waals surface area contributed by atoms with Crippen LogP contribution in [0.4, 0.5) is 4.39 Å². The predicted molar refractivity (Wildman–Crippen MR) is 122 cm³/mol. The Kier molecular flexibility index (Phi) is 11.0. The van der Waals surface area contributed by atoms with E-state index in [9.17, 15) is 4.39 Å². The lowest BCUT2D eigenvalue weighted by molar-refractivity contribution is 0.187. The summed E-state index contributed by atoms with van der Waals surface area (Å²) in [5.41, 5.74) is 0.865. The average Bonchev–Trinajstić information content (AvgIpc) is 2.57. The quantitative estimate of drug-likeness (QED) is 0.319. The molecule has 0 saturated carbocycles. The van der Waals surface area contributed by atoms with Gasteiger partial charge >= 0.3 is 0 Å². The monoisotopic (exact) mass is 540 g/mol. The van der Waals surface area contributed by atoms with Crippen molar-refractivity contribution < 1.29 is 4.39 Å². The Morgan fingerprint density at radius 1 is 1.35 bits per heavy atom. The number of halogens is 3. The standard InChI is InChI=1S/C19H30BrFN4.HI/c1-4-22-19(23-12-15-5-6-17(20)18(21)11-15)24-16-7-9-25(10-8-16)13-14(2)3;/h5-6,11,14,16H,4,7-10,12-13H2,1-3H3,(H2,22,23,24);1H. The van der Waals surface area contributed by atoms with Crippen LogP contribution in [0.15, 0.2) is 27.7 Å². The molecule has 0 radical (unpaired) electrons. The molecule has 1 aromatic carbocycles. The molecule has 0 aliphatic carbocycles. The van der Waals surface area contributed by atoms with Crippen LogP contribution in [0.25, 0.3) is 0 Å². The Hall–Kier alpha value is -0.410. The zero-order chi connectivity index (χ0) is 18.2. The number of nitrogens with zero attached hydrogens (tertiary/aromatic N) is 2. The minimum Gasteiger partial charge on any atom is -0.357 e. The van der Waals surface area contributed by atoms with Crippen molar-refractivity contribution in [3.05, 3.63) is 34.1 Å². The summed E-state index contributed by atoms with van der Waals surface area (Å²) in [4.78, 5) is 7.15. The van der Waals surface area contributed by atoms with Crippen LogP contribution in [0.2, 0.25) is 0 Å². The van der Waals surface area contributed by atoms with Gasteiger partial charge in [-0.05, 0) is 59.3 Å². The average molecular weight is 541 g/mol. The minimum absolute atomic E-state index is 0. The first kappa shape index (κ1) is 23.6. The Balaban J connectivity index is 0.00000338. The van der Waals surface area contributed by atoms with Crippen LogP contribution in [0.5, 0.6) is 0 Å². The Labute approximate surface area is 182 Å². The SMILES string of the molecule is CCNC(=NCc1ccc(Br)c(F)c1)NC1CCN(CC(C)C)CC1.I. The number of nitrogens with one attached hydrogen (secondary N) is 2. The number of hydrogen-bond acceptors (Lipinski definition) is 2. The summed E-state index contributed by atoms with van der Waals surface area (Å²) in [6.45, 7) is 11.3. The van der Waals surface area contributed by atoms with E-state index in [1.807, 2.05) is 6.07 Å². The van der Waals surface area contributed by atoms with E-state index in [4.69, 9.17) is 0 Å². The maximum atomic E-state index is 13.6. The second-order valence-electron chi connectivity index (χ2n) is 7.06. The van der Waals surface area contributed by atoms with E-state index in [1.54, 1.807) is 6.07 Å². The van der Waals surface area contributed by atoms with Crippen molar-refractivity contribution in [2.75, 3.05) is 26.2 Å². The molecule has 4 nitrogen and oxygen atoms in total. The van der Waals surface area contributed by atoms with Gasteiger partial charge in [0.2, 0.25) is 0 Å². The number of aliphatic imine (C=N–C) groups is 1. The van der Waals surface area contributed by atoms with Crippen molar-refractivity contribution in [1.82, 2.24) is 15.5 Å². The van der Waals surface area contributed by atoms with Gasteiger partial charge in [0.1, 0.15) is 5.82 Å². The summed E-state index contributed by atoms with van der Waals surface area (Å²) in [6.07, 6.45) is 2.26. The van der Waals surface area contributed by atoms with E-state index < -0.39 is 0 Å². The summed E-state index contributed by atoms with van der Waals surface area (Å²) in [6, 6.07) is 5.60. The van der Waals surface area contributed by atoms with Gasteiger partial charge in [0, 0.05) is 32.2 Å². The van der Waals surface area contributed by atoms with E-state index in [1.165, 1.54) is 12.6 Å². The first-order chi connectivity index (χ1) is 12.0. The van der Waals surface area contributed by atoms with Crippen LogP contribution in [0, 0.1) is 11.7 Å². The van der Waals surface area contributed by atoms with Gasteiger partial charge in [0.25, 0.3) is 0 Å². The van der Waals surface area contributed by atoms with Gasteiger partial charge in [0.05, 0.1) is 11.0 Å². The zero-order valence-corrected chi connectivity index (χ0v) is 19.8.